The number of nitrogens with zero attached hydrogens (tertiary/aromatic N) is 5. The molecule has 1 aliphatic heterocycles. The monoisotopic (exact) mass is 466 g/mol. The van der Waals surface area contributed by atoms with Crippen LogP contribution >= 0.6 is 0 Å². The van der Waals surface area contributed by atoms with Gasteiger partial charge in [0.05, 0.1) is 17.4 Å². The number of pyridine rings is 1. The molecule has 3 aromatic heterocycles. The molecule has 0 bridgehead atoms. The van der Waals surface area contributed by atoms with Gasteiger partial charge in [-0.05, 0) is 37.1 Å². The third-order valence-electron chi connectivity index (χ3n) is 6.27. The summed E-state index contributed by atoms with van der Waals surface area (Å²) in [6.07, 6.45) is 4.48. The molecular formula is C26H22N6O3. The van der Waals surface area contributed by atoms with Gasteiger partial charge in [-0.3, -0.25) is 0 Å². The maximum absolute atomic E-state index is 12.9. The van der Waals surface area contributed by atoms with Gasteiger partial charge in [0.1, 0.15) is 5.69 Å². The van der Waals surface area contributed by atoms with E-state index in [1.165, 1.54) is 6.39 Å². The Hall–Kier alpha value is -4.53. The summed E-state index contributed by atoms with van der Waals surface area (Å²) in [5.41, 5.74) is 3.04. The molecule has 2 amide bonds. The first-order valence-corrected chi connectivity index (χ1v) is 11.5. The van der Waals surface area contributed by atoms with Gasteiger partial charge >= 0.3 is 6.03 Å². The summed E-state index contributed by atoms with van der Waals surface area (Å²) in [4.78, 5) is 28.0. The number of benzene rings is 2. The Balaban J connectivity index is 1.11. The van der Waals surface area contributed by atoms with Gasteiger partial charge in [-0.15, -0.1) is 0 Å². The molecule has 0 aliphatic carbocycles. The van der Waals surface area contributed by atoms with Crippen molar-refractivity contribution in [3.05, 3.63) is 79.1 Å². The van der Waals surface area contributed by atoms with Gasteiger partial charge < -0.3 is 19.2 Å². The second-order valence-corrected chi connectivity index (χ2v) is 8.45. The zero-order valence-electron chi connectivity index (χ0n) is 18.8. The summed E-state index contributed by atoms with van der Waals surface area (Å²) in [7, 11) is 0. The minimum absolute atomic E-state index is 0.0993. The molecule has 6 rings (SSSR count). The van der Waals surface area contributed by atoms with E-state index in [1.807, 2.05) is 60.7 Å². The number of hydrogen-bond acceptors (Lipinski definition) is 7. The van der Waals surface area contributed by atoms with Crippen LogP contribution in [-0.2, 0) is 0 Å². The Labute approximate surface area is 200 Å². The fraction of sp³-hybridized carbons (Fsp3) is 0.192. The number of anilines is 1. The first-order chi connectivity index (χ1) is 17.2. The molecule has 0 atom stereocenters. The number of fused-ring (bicyclic) bond motifs is 1. The van der Waals surface area contributed by atoms with Crippen molar-refractivity contribution >= 4 is 22.6 Å². The topological polar surface area (TPSA) is 110 Å². The van der Waals surface area contributed by atoms with E-state index in [4.69, 9.17) is 8.94 Å². The maximum Gasteiger partial charge on any atom is 0.321 e. The normalized spacial score (nSPS) is 14.3. The number of hydrogen-bond donors (Lipinski definition) is 1. The van der Waals surface area contributed by atoms with E-state index in [1.54, 1.807) is 11.1 Å². The molecule has 174 valence electrons. The SMILES string of the molecule is O=C(Nc1ccccc1-c1cnco1)N1CCC(c2nc(-c3ccc4ccccc4n3)no2)CC1. The number of likely N-dealkylation sites (tertiary alicyclic amines) is 1. The van der Waals surface area contributed by atoms with Gasteiger partial charge in [-0.25, -0.2) is 14.8 Å². The average Bonchev–Trinajstić information content (AvgIpc) is 3.62. The van der Waals surface area contributed by atoms with E-state index in [0.717, 1.165) is 29.3 Å². The third-order valence-corrected chi connectivity index (χ3v) is 6.27. The lowest BCUT2D eigenvalue weighted by Crippen LogP contribution is -2.40. The number of nitrogens with one attached hydrogen (secondary N) is 1. The van der Waals surface area contributed by atoms with E-state index in [-0.39, 0.29) is 11.9 Å². The van der Waals surface area contributed by atoms with E-state index >= 15 is 0 Å². The number of piperidine rings is 1. The molecule has 1 N–H and O–H groups in total. The standard InChI is InChI=1S/C26H22N6O3/c33-26(29-21-8-4-2-6-19(21)23-15-27-16-34-23)32-13-11-18(12-14-32)25-30-24(31-35-25)22-10-9-17-5-1-3-7-20(17)28-22/h1-10,15-16,18H,11-14H2,(H,29,33). The lowest BCUT2D eigenvalue weighted by Gasteiger charge is -2.30. The predicted molar refractivity (Wildman–Crippen MR) is 130 cm³/mol. The number of para-hydroxylation sites is 2. The Bertz CT molecular complexity index is 1470. The minimum Gasteiger partial charge on any atom is -0.443 e. The molecule has 1 fully saturated rings. The molecule has 1 saturated heterocycles. The van der Waals surface area contributed by atoms with Crippen LogP contribution in [0.1, 0.15) is 24.7 Å². The zero-order valence-corrected chi connectivity index (χ0v) is 18.8. The number of carbonyl (C=O) groups excluding carboxylic acids is 1. The number of urea groups is 1. The molecule has 9 heteroatoms. The predicted octanol–water partition coefficient (Wildman–Crippen LogP) is 5.35. The smallest absolute Gasteiger partial charge is 0.321 e. The minimum atomic E-state index is -0.151. The third kappa shape index (κ3) is 4.23. The van der Waals surface area contributed by atoms with Crippen molar-refractivity contribution in [2.24, 2.45) is 0 Å². The highest BCUT2D eigenvalue weighted by Crippen LogP contribution is 2.31. The van der Waals surface area contributed by atoms with Gasteiger partial charge in [0.2, 0.25) is 11.7 Å². The summed E-state index contributed by atoms with van der Waals surface area (Å²) in [5, 5.41) is 8.22. The van der Waals surface area contributed by atoms with Crippen LogP contribution in [0.4, 0.5) is 10.5 Å². The van der Waals surface area contributed by atoms with E-state index in [2.05, 4.69) is 25.4 Å². The highest BCUT2D eigenvalue weighted by Gasteiger charge is 2.28. The zero-order chi connectivity index (χ0) is 23.6. The highest BCUT2D eigenvalue weighted by molar-refractivity contribution is 5.93. The first kappa shape index (κ1) is 21.0. The van der Waals surface area contributed by atoms with Crippen LogP contribution < -0.4 is 5.32 Å². The highest BCUT2D eigenvalue weighted by atomic mass is 16.5. The van der Waals surface area contributed by atoms with Crippen LogP contribution in [-0.4, -0.2) is 44.1 Å². The molecule has 5 aromatic rings. The Morgan fingerprint density at radius 1 is 0.971 bits per heavy atom. The van der Waals surface area contributed by atoms with Crippen LogP contribution in [0.5, 0.6) is 0 Å². The molecule has 0 spiro atoms. The van der Waals surface area contributed by atoms with Crippen molar-refractivity contribution in [3.63, 3.8) is 0 Å². The number of rotatable bonds is 4. The molecule has 0 saturated carbocycles. The summed E-state index contributed by atoms with van der Waals surface area (Å²) in [6, 6.07) is 19.2. The Kier molecular flexibility index (Phi) is 5.42. The summed E-state index contributed by atoms with van der Waals surface area (Å²) < 4.78 is 11.0. The molecule has 2 aromatic carbocycles. The van der Waals surface area contributed by atoms with E-state index in [0.29, 0.717) is 41.9 Å². The first-order valence-electron chi connectivity index (χ1n) is 11.5. The fourth-order valence-corrected chi connectivity index (χ4v) is 4.38. The van der Waals surface area contributed by atoms with Crippen molar-refractivity contribution < 1.29 is 13.7 Å². The van der Waals surface area contributed by atoms with Crippen molar-refractivity contribution in [2.75, 3.05) is 18.4 Å². The Morgan fingerprint density at radius 3 is 2.66 bits per heavy atom. The maximum atomic E-state index is 12.9. The van der Waals surface area contributed by atoms with E-state index < -0.39 is 0 Å². The summed E-state index contributed by atoms with van der Waals surface area (Å²) >= 11 is 0. The van der Waals surface area contributed by atoms with Crippen molar-refractivity contribution in [1.82, 2.24) is 25.0 Å². The number of amides is 2. The van der Waals surface area contributed by atoms with Crippen LogP contribution in [0.15, 0.2) is 82.2 Å². The molecule has 0 radical (unpaired) electrons. The lowest BCUT2D eigenvalue weighted by molar-refractivity contribution is 0.187. The molecule has 4 heterocycles. The van der Waals surface area contributed by atoms with Crippen molar-refractivity contribution in [2.45, 2.75) is 18.8 Å². The van der Waals surface area contributed by atoms with Gasteiger partial charge in [-0.2, -0.15) is 4.98 Å². The van der Waals surface area contributed by atoms with Gasteiger partial charge in [0.25, 0.3) is 0 Å². The average molecular weight is 467 g/mol. The molecule has 1 aliphatic rings. The number of carbonyl (C=O) groups is 1. The lowest BCUT2D eigenvalue weighted by atomic mass is 9.97. The molecule has 0 unspecified atom stereocenters. The second kappa shape index (κ2) is 9.02. The Morgan fingerprint density at radius 2 is 1.80 bits per heavy atom. The van der Waals surface area contributed by atoms with Crippen LogP contribution in [0.25, 0.3) is 33.7 Å². The second-order valence-electron chi connectivity index (χ2n) is 8.45. The molecular weight excluding hydrogens is 444 g/mol. The largest absolute Gasteiger partial charge is 0.443 e. The molecule has 9 nitrogen and oxygen atoms in total. The number of aromatic nitrogens is 4. The number of oxazole rings is 1. The summed E-state index contributed by atoms with van der Waals surface area (Å²) in [6.45, 7) is 1.18. The summed E-state index contributed by atoms with van der Waals surface area (Å²) in [5.74, 6) is 1.77. The quantitative estimate of drug-likeness (QED) is 0.380. The van der Waals surface area contributed by atoms with Gasteiger partial charge in [0.15, 0.2) is 12.2 Å². The van der Waals surface area contributed by atoms with Crippen LogP contribution in [0.2, 0.25) is 0 Å². The van der Waals surface area contributed by atoms with Crippen LogP contribution in [0.3, 0.4) is 0 Å². The molecule has 35 heavy (non-hydrogen) atoms. The fourth-order valence-electron chi connectivity index (χ4n) is 4.38. The van der Waals surface area contributed by atoms with E-state index in [9.17, 15) is 4.79 Å². The van der Waals surface area contributed by atoms with Gasteiger partial charge in [0, 0.05) is 30.0 Å². The van der Waals surface area contributed by atoms with Crippen LogP contribution in [0, 0.1) is 0 Å². The van der Waals surface area contributed by atoms with Crippen molar-refractivity contribution in [1.29, 1.82) is 0 Å². The van der Waals surface area contributed by atoms with Gasteiger partial charge in [-0.1, -0.05) is 41.6 Å². The van der Waals surface area contributed by atoms with Crippen molar-refractivity contribution in [3.8, 4) is 22.8 Å².